The third-order valence-corrected chi connectivity index (χ3v) is 3.08. The standard InChI is InChI=1S/C15H13F2N3/c1-20(9-6-11-4-7-19-8-5-11)13-3-2-12(10-18)14(16)15(13)17/h2-5,7-8H,6,9H2,1H3. The Morgan fingerprint density at radius 3 is 2.50 bits per heavy atom. The van der Waals surface area contributed by atoms with Gasteiger partial charge in [0, 0.05) is 26.0 Å². The molecule has 0 atom stereocenters. The van der Waals surface area contributed by atoms with Crippen molar-refractivity contribution in [1.29, 1.82) is 5.26 Å². The Morgan fingerprint density at radius 2 is 1.85 bits per heavy atom. The molecule has 0 unspecified atom stereocenters. The molecule has 3 nitrogen and oxygen atoms in total. The Hall–Kier alpha value is -2.48. The van der Waals surface area contributed by atoms with Gasteiger partial charge in [-0.3, -0.25) is 4.98 Å². The number of nitriles is 1. The number of hydrogen-bond acceptors (Lipinski definition) is 3. The van der Waals surface area contributed by atoms with E-state index in [-0.39, 0.29) is 11.3 Å². The molecule has 0 saturated carbocycles. The number of nitrogens with zero attached hydrogens (tertiary/aromatic N) is 3. The summed E-state index contributed by atoms with van der Waals surface area (Å²) >= 11 is 0. The largest absolute Gasteiger partial charge is 0.372 e. The number of halogens is 2. The summed E-state index contributed by atoms with van der Waals surface area (Å²) in [6.07, 6.45) is 4.08. The Kier molecular flexibility index (Phi) is 4.26. The van der Waals surface area contributed by atoms with E-state index in [4.69, 9.17) is 5.26 Å². The molecular formula is C15H13F2N3. The minimum atomic E-state index is -1.10. The number of pyridine rings is 1. The number of hydrogen-bond donors (Lipinski definition) is 0. The number of benzene rings is 1. The fourth-order valence-electron chi connectivity index (χ4n) is 1.89. The molecule has 0 aliphatic rings. The van der Waals surface area contributed by atoms with Crippen molar-refractivity contribution >= 4 is 5.69 Å². The van der Waals surface area contributed by atoms with Crippen LogP contribution in [0.4, 0.5) is 14.5 Å². The molecule has 0 aliphatic carbocycles. The Balaban J connectivity index is 2.12. The molecular weight excluding hydrogens is 260 g/mol. The van der Waals surface area contributed by atoms with Crippen LogP contribution in [0.3, 0.4) is 0 Å². The predicted molar refractivity (Wildman–Crippen MR) is 72.3 cm³/mol. The van der Waals surface area contributed by atoms with Crippen LogP contribution in [0.1, 0.15) is 11.1 Å². The van der Waals surface area contributed by atoms with Crippen molar-refractivity contribution in [3.8, 4) is 6.07 Å². The van der Waals surface area contributed by atoms with Gasteiger partial charge in [0.1, 0.15) is 6.07 Å². The van der Waals surface area contributed by atoms with Crippen molar-refractivity contribution in [2.24, 2.45) is 0 Å². The van der Waals surface area contributed by atoms with Gasteiger partial charge in [-0.1, -0.05) is 0 Å². The third-order valence-electron chi connectivity index (χ3n) is 3.08. The molecule has 20 heavy (non-hydrogen) atoms. The first-order valence-electron chi connectivity index (χ1n) is 6.11. The van der Waals surface area contributed by atoms with Gasteiger partial charge >= 0.3 is 0 Å². The highest BCUT2D eigenvalue weighted by atomic mass is 19.2. The zero-order chi connectivity index (χ0) is 14.5. The van der Waals surface area contributed by atoms with Crippen LogP contribution >= 0.6 is 0 Å². The van der Waals surface area contributed by atoms with Crippen LogP contribution in [-0.4, -0.2) is 18.6 Å². The van der Waals surface area contributed by atoms with Crippen LogP contribution in [0.2, 0.25) is 0 Å². The predicted octanol–water partition coefficient (Wildman–Crippen LogP) is 2.91. The van der Waals surface area contributed by atoms with Crippen molar-refractivity contribution in [1.82, 2.24) is 4.98 Å². The van der Waals surface area contributed by atoms with Gasteiger partial charge in [0.05, 0.1) is 11.3 Å². The lowest BCUT2D eigenvalue weighted by atomic mass is 10.1. The topological polar surface area (TPSA) is 39.9 Å². The highest BCUT2D eigenvalue weighted by Crippen LogP contribution is 2.23. The fraction of sp³-hybridized carbons (Fsp3) is 0.200. The number of rotatable bonds is 4. The number of anilines is 1. The summed E-state index contributed by atoms with van der Waals surface area (Å²) in [5, 5.41) is 8.65. The summed E-state index contributed by atoms with van der Waals surface area (Å²) in [7, 11) is 1.69. The molecule has 5 heteroatoms. The highest BCUT2D eigenvalue weighted by molar-refractivity contribution is 5.51. The lowest BCUT2D eigenvalue weighted by molar-refractivity contribution is 0.505. The molecule has 0 aliphatic heterocycles. The molecule has 102 valence electrons. The Labute approximate surface area is 116 Å². The van der Waals surface area contributed by atoms with Crippen LogP contribution in [0.25, 0.3) is 0 Å². The molecule has 0 amide bonds. The van der Waals surface area contributed by atoms with Gasteiger partial charge in [0.15, 0.2) is 11.6 Å². The summed E-state index contributed by atoms with van der Waals surface area (Å²) in [5.74, 6) is -2.08. The van der Waals surface area contributed by atoms with Gasteiger partial charge in [-0.2, -0.15) is 5.26 Å². The van der Waals surface area contributed by atoms with Crippen molar-refractivity contribution in [3.05, 3.63) is 59.4 Å². The molecule has 2 aromatic rings. The number of aromatic nitrogens is 1. The molecule has 0 saturated heterocycles. The molecule has 0 bridgehead atoms. The van der Waals surface area contributed by atoms with E-state index in [2.05, 4.69) is 4.98 Å². The molecule has 0 N–H and O–H groups in total. The second kappa shape index (κ2) is 6.11. The Morgan fingerprint density at radius 1 is 1.15 bits per heavy atom. The molecule has 0 spiro atoms. The van der Waals surface area contributed by atoms with E-state index in [0.29, 0.717) is 13.0 Å². The average Bonchev–Trinajstić information content (AvgIpc) is 2.48. The van der Waals surface area contributed by atoms with E-state index >= 15 is 0 Å². The van der Waals surface area contributed by atoms with E-state index in [0.717, 1.165) is 5.56 Å². The van der Waals surface area contributed by atoms with E-state index in [1.165, 1.54) is 12.1 Å². The first-order valence-corrected chi connectivity index (χ1v) is 6.11. The molecule has 1 aromatic heterocycles. The second-order valence-corrected chi connectivity index (χ2v) is 4.40. The molecule has 2 rings (SSSR count). The summed E-state index contributed by atoms with van der Waals surface area (Å²) in [4.78, 5) is 5.55. The molecule has 0 fully saturated rings. The quantitative estimate of drug-likeness (QED) is 0.860. The minimum absolute atomic E-state index is 0.149. The molecule has 0 radical (unpaired) electrons. The summed E-state index contributed by atoms with van der Waals surface area (Å²) < 4.78 is 27.4. The summed E-state index contributed by atoms with van der Waals surface area (Å²) in [6, 6.07) is 8.09. The van der Waals surface area contributed by atoms with Crippen molar-refractivity contribution in [2.75, 3.05) is 18.5 Å². The first-order chi connectivity index (χ1) is 9.63. The number of likely N-dealkylation sites (N-methyl/N-ethyl adjacent to an activating group) is 1. The van der Waals surface area contributed by atoms with Gasteiger partial charge in [-0.25, -0.2) is 8.78 Å². The van der Waals surface area contributed by atoms with E-state index in [1.807, 2.05) is 12.1 Å². The summed E-state index contributed by atoms with van der Waals surface area (Å²) in [6.45, 7) is 0.534. The smallest absolute Gasteiger partial charge is 0.183 e. The third kappa shape index (κ3) is 2.91. The molecule has 1 heterocycles. The van der Waals surface area contributed by atoms with Crippen molar-refractivity contribution in [3.63, 3.8) is 0 Å². The van der Waals surface area contributed by atoms with Gasteiger partial charge < -0.3 is 4.90 Å². The fourth-order valence-corrected chi connectivity index (χ4v) is 1.89. The van der Waals surface area contributed by atoms with Gasteiger partial charge in [-0.05, 0) is 36.2 Å². The average molecular weight is 273 g/mol. The monoisotopic (exact) mass is 273 g/mol. The maximum atomic E-state index is 13.8. The zero-order valence-corrected chi connectivity index (χ0v) is 11.0. The highest BCUT2D eigenvalue weighted by Gasteiger charge is 2.15. The van der Waals surface area contributed by atoms with Gasteiger partial charge in [-0.15, -0.1) is 0 Å². The van der Waals surface area contributed by atoms with E-state index in [1.54, 1.807) is 30.4 Å². The normalized spacial score (nSPS) is 10.1. The summed E-state index contributed by atoms with van der Waals surface area (Å²) in [5.41, 5.74) is 0.936. The van der Waals surface area contributed by atoms with E-state index < -0.39 is 11.6 Å². The maximum absolute atomic E-state index is 13.8. The van der Waals surface area contributed by atoms with E-state index in [9.17, 15) is 8.78 Å². The lowest BCUT2D eigenvalue weighted by Crippen LogP contribution is -2.22. The van der Waals surface area contributed by atoms with Gasteiger partial charge in [0.2, 0.25) is 0 Å². The zero-order valence-electron chi connectivity index (χ0n) is 11.0. The van der Waals surface area contributed by atoms with Crippen LogP contribution in [0.15, 0.2) is 36.7 Å². The van der Waals surface area contributed by atoms with Crippen LogP contribution in [0, 0.1) is 23.0 Å². The molecule has 1 aromatic carbocycles. The SMILES string of the molecule is CN(CCc1ccncc1)c1ccc(C#N)c(F)c1F. The maximum Gasteiger partial charge on any atom is 0.183 e. The van der Waals surface area contributed by atoms with Crippen LogP contribution in [-0.2, 0) is 6.42 Å². The lowest BCUT2D eigenvalue weighted by Gasteiger charge is -2.20. The second-order valence-electron chi connectivity index (χ2n) is 4.40. The van der Waals surface area contributed by atoms with Crippen molar-refractivity contribution in [2.45, 2.75) is 6.42 Å². The van der Waals surface area contributed by atoms with Crippen molar-refractivity contribution < 1.29 is 8.78 Å². The van der Waals surface area contributed by atoms with Crippen LogP contribution < -0.4 is 4.90 Å². The first kappa shape index (κ1) is 13.9. The Bertz CT molecular complexity index is 636. The van der Waals surface area contributed by atoms with Gasteiger partial charge in [0.25, 0.3) is 0 Å². The van der Waals surface area contributed by atoms with Crippen LogP contribution in [0.5, 0.6) is 0 Å². The minimum Gasteiger partial charge on any atom is -0.372 e.